The third-order valence-electron chi connectivity index (χ3n) is 3.78. The van der Waals surface area contributed by atoms with E-state index < -0.39 is 17.9 Å². The molecule has 2 aromatic rings. The second kappa shape index (κ2) is 6.04. The summed E-state index contributed by atoms with van der Waals surface area (Å²) in [4.78, 5) is 8.94. The molecule has 0 fully saturated rings. The molecule has 0 saturated carbocycles. The van der Waals surface area contributed by atoms with E-state index in [1.807, 2.05) is 0 Å². The van der Waals surface area contributed by atoms with Crippen molar-refractivity contribution < 1.29 is 18.0 Å². The molecule has 1 unspecified atom stereocenters. The van der Waals surface area contributed by atoms with Crippen molar-refractivity contribution in [2.24, 2.45) is 10.9 Å². The largest absolute Gasteiger partial charge is 0.416 e. The molecule has 2 aromatic carbocycles. The lowest BCUT2D eigenvalue weighted by molar-refractivity contribution is -0.138. The molecule has 24 heavy (non-hydrogen) atoms. The van der Waals surface area contributed by atoms with Crippen LogP contribution in [0.2, 0.25) is 0 Å². The lowest BCUT2D eigenvalue weighted by Gasteiger charge is -2.32. The quantitative estimate of drug-likeness (QED) is 0.737. The number of hydrogen-bond donors (Lipinski definition) is 3. The molecular formula is C16H15F3N4O. The Labute approximate surface area is 136 Å². The summed E-state index contributed by atoms with van der Waals surface area (Å²) >= 11 is 0. The molecule has 0 bridgehead atoms. The highest BCUT2D eigenvalue weighted by atomic mass is 19.4. The van der Waals surface area contributed by atoms with Gasteiger partial charge in [-0.2, -0.15) is 19.1 Å². The molecule has 1 aliphatic heterocycles. The first-order chi connectivity index (χ1) is 11.5. The Morgan fingerprint density at radius 2 is 1.83 bits per heavy atom. The summed E-state index contributed by atoms with van der Waals surface area (Å²) in [5.74, 6) is 6.04. The summed E-state index contributed by atoms with van der Waals surface area (Å²) in [7, 11) is 1.56. The predicted molar refractivity (Wildman–Crippen MR) is 84.7 cm³/mol. The van der Waals surface area contributed by atoms with Gasteiger partial charge in [-0.05, 0) is 18.2 Å². The van der Waals surface area contributed by atoms with Crippen molar-refractivity contribution in [2.45, 2.75) is 12.3 Å². The number of fused-ring (bicyclic) bond motifs is 1. The minimum absolute atomic E-state index is 0.0589. The minimum atomic E-state index is -4.46. The second-order valence-corrected chi connectivity index (χ2v) is 5.18. The first kappa shape index (κ1) is 16.1. The first-order valence-corrected chi connectivity index (χ1v) is 7.11. The van der Waals surface area contributed by atoms with Crippen molar-refractivity contribution >= 4 is 11.5 Å². The molecule has 0 saturated heterocycles. The molecule has 126 valence electrons. The van der Waals surface area contributed by atoms with Gasteiger partial charge in [0.05, 0.1) is 11.3 Å². The number of anilines is 1. The summed E-state index contributed by atoms with van der Waals surface area (Å²) < 4.78 is 39.9. The Kier molecular flexibility index (Phi) is 4.06. The van der Waals surface area contributed by atoms with Crippen molar-refractivity contribution in [1.29, 1.82) is 0 Å². The number of nitrogens with two attached hydrogens (primary N) is 1. The van der Waals surface area contributed by atoms with Crippen LogP contribution in [0.5, 0.6) is 5.75 Å². The average Bonchev–Trinajstić information content (AvgIpc) is 2.59. The molecular weight excluding hydrogens is 321 g/mol. The highest BCUT2D eigenvalue weighted by Crippen LogP contribution is 2.38. The lowest BCUT2D eigenvalue weighted by atomic mass is 10.0. The zero-order chi connectivity index (χ0) is 17.3. The number of benzene rings is 2. The number of halogens is 3. The van der Waals surface area contributed by atoms with E-state index in [1.165, 1.54) is 12.1 Å². The molecule has 0 aromatic heterocycles. The van der Waals surface area contributed by atoms with Gasteiger partial charge in [-0.1, -0.05) is 24.3 Å². The molecule has 1 heterocycles. The smallest absolute Gasteiger partial charge is 0.409 e. The Balaban J connectivity index is 2.10. The average molecular weight is 336 g/mol. The normalized spacial score (nSPS) is 18.5. The Morgan fingerprint density at radius 1 is 1.08 bits per heavy atom. The van der Waals surface area contributed by atoms with Gasteiger partial charge in [-0.3, -0.25) is 4.99 Å². The third-order valence-corrected chi connectivity index (χ3v) is 3.78. The van der Waals surface area contributed by atoms with E-state index in [1.54, 1.807) is 31.3 Å². The Bertz CT molecular complexity index is 789. The van der Waals surface area contributed by atoms with Crippen LogP contribution in [0.3, 0.4) is 0 Å². The zero-order valence-corrected chi connectivity index (χ0v) is 12.7. The maximum absolute atomic E-state index is 13.3. The summed E-state index contributed by atoms with van der Waals surface area (Å²) in [6.07, 6.45) is -5.29. The molecule has 0 spiro atoms. The van der Waals surface area contributed by atoms with Crippen molar-refractivity contribution in [3.63, 3.8) is 0 Å². The van der Waals surface area contributed by atoms with Crippen LogP contribution >= 0.6 is 0 Å². The van der Waals surface area contributed by atoms with Gasteiger partial charge in [0.2, 0.25) is 0 Å². The number of amidine groups is 1. The van der Waals surface area contributed by atoms with Gasteiger partial charge in [-0.15, -0.1) is 0 Å². The molecule has 3 rings (SSSR count). The van der Waals surface area contributed by atoms with Crippen LogP contribution in [0.4, 0.5) is 18.9 Å². The molecule has 0 amide bonds. The van der Waals surface area contributed by atoms with Crippen LogP contribution in [0.15, 0.2) is 47.5 Å². The van der Waals surface area contributed by atoms with E-state index in [-0.39, 0.29) is 5.56 Å². The summed E-state index contributed by atoms with van der Waals surface area (Å²) in [5.41, 5.74) is 0.492. The highest BCUT2D eigenvalue weighted by molar-refractivity contribution is 6.06. The maximum Gasteiger partial charge on any atom is 0.416 e. The standard InChI is InChI=1S/C16H15F3N4O/c1-21-14-10-6-4-8-12(24-20)13(10)22-15(23-14)9-5-2-3-7-11(9)16(17,18)19/h2-8,15,22H,20H2,1H3,(H,21,23). The molecule has 4 N–H and O–H groups in total. The van der Waals surface area contributed by atoms with E-state index in [0.717, 1.165) is 6.07 Å². The Hall–Kier alpha value is -2.74. The van der Waals surface area contributed by atoms with Gasteiger partial charge in [-0.25, -0.2) is 0 Å². The Morgan fingerprint density at radius 3 is 2.50 bits per heavy atom. The SMILES string of the molecule is CN=C1NC(c2ccccc2C(F)(F)F)Nc2c(ON)cccc21. The van der Waals surface area contributed by atoms with Gasteiger partial charge in [0, 0.05) is 18.2 Å². The number of nitrogens with zero attached hydrogens (tertiary/aromatic N) is 1. The molecule has 1 atom stereocenters. The molecule has 0 aliphatic carbocycles. The van der Waals surface area contributed by atoms with Gasteiger partial charge >= 0.3 is 6.18 Å². The number of alkyl halides is 3. The van der Waals surface area contributed by atoms with Gasteiger partial charge in [0.25, 0.3) is 0 Å². The van der Waals surface area contributed by atoms with E-state index in [9.17, 15) is 13.2 Å². The number of para-hydroxylation sites is 1. The maximum atomic E-state index is 13.3. The fraction of sp³-hybridized carbons (Fsp3) is 0.188. The fourth-order valence-electron chi connectivity index (χ4n) is 2.72. The molecule has 1 aliphatic rings. The van der Waals surface area contributed by atoms with Gasteiger partial charge in [0.1, 0.15) is 12.0 Å². The van der Waals surface area contributed by atoms with E-state index >= 15 is 0 Å². The topological polar surface area (TPSA) is 71.7 Å². The lowest BCUT2D eigenvalue weighted by Crippen LogP contribution is -2.40. The number of rotatable bonds is 2. The van der Waals surface area contributed by atoms with E-state index in [2.05, 4.69) is 15.6 Å². The van der Waals surface area contributed by atoms with Crippen LogP contribution in [-0.4, -0.2) is 12.9 Å². The summed E-state index contributed by atoms with van der Waals surface area (Å²) in [5, 5.41) is 5.99. The number of aliphatic imine (C=N–C) groups is 1. The monoisotopic (exact) mass is 336 g/mol. The van der Waals surface area contributed by atoms with Gasteiger partial charge in [0.15, 0.2) is 5.75 Å². The number of hydrogen-bond acceptors (Lipinski definition) is 4. The summed E-state index contributed by atoms with van der Waals surface area (Å²) in [6.45, 7) is 0. The van der Waals surface area contributed by atoms with E-state index in [4.69, 9.17) is 10.7 Å². The van der Waals surface area contributed by atoms with Crippen LogP contribution < -0.4 is 21.4 Å². The van der Waals surface area contributed by atoms with Crippen molar-refractivity contribution in [3.05, 3.63) is 59.2 Å². The van der Waals surface area contributed by atoms with E-state index in [0.29, 0.717) is 22.8 Å². The fourth-order valence-corrected chi connectivity index (χ4v) is 2.72. The molecule has 8 heteroatoms. The van der Waals surface area contributed by atoms with Crippen molar-refractivity contribution in [3.8, 4) is 5.75 Å². The first-order valence-electron chi connectivity index (χ1n) is 7.11. The van der Waals surface area contributed by atoms with Gasteiger partial charge < -0.3 is 15.5 Å². The highest BCUT2D eigenvalue weighted by Gasteiger charge is 2.36. The van der Waals surface area contributed by atoms with Crippen LogP contribution in [0, 0.1) is 0 Å². The van der Waals surface area contributed by atoms with Crippen LogP contribution in [0.1, 0.15) is 22.9 Å². The van der Waals surface area contributed by atoms with Crippen molar-refractivity contribution in [2.75, 3.05) is 12.4 Å². The third kappa shape index (κ3) is 2.76. The zero-order valence-electron chi connectivity index (χ0n) is 12.7. The molecule has 5 nitrogen and oxygen atoms in total. The van der Waals surface area contributed by atoms with Crippen molar-refractivity contribution in [1.82, 2.24) is 5.32 Å². The number of nitrogens with one attached hydrogen (secondary N) is 2. The van der Waals surface area contributed by atoms with Crippen LogP contribution in [-0.2, 0) is 6.18 Å². The second-order valence-electron chi connectivity index (χ2n) is 5.18. The van der Waals surface area contributed by atoms with Crippen LogP contribution in [0.25, 0.3) is 0 Å². The minimum Gasteiger partial charge on any atom is -0.409 e. The predicted octanol–water partition coefficient (Wildman–Crippen LogP) is 3.05. The molecule has 0 radical (unpaired) electrons. The summed E-state index contributed by atoms with van der Waals surface area (Å²) in [6, 6.07) is 10.5.